The van der Waals surface area contributed by atoms with Crippen molar-refractivity contribution in [3.63, 3.8) is 0 Å². The molecule has 0 radical (unpaired) electrons. The zero-order valence-corrected chi connectivity index (χ0v) is 18.1. The third-order valence-electron chi connectivity index (χ3n) is 4.92. The molecule has 2 N–H and O–H groups in total. The van der Waals surface area contributed by atoms with Crippen LogP contribution in [0.5, 0.6) is 0 Å². The molecule has 27 heavy (non-hydrogen) atoms. The van der Waals surface area contributed by atoms with Crippen LogP contribution in [0.25, 0.3) is 0 Å². The molecule has 0 unspecified atom stereocenters. The Kier molecular flexibility index (Phi) is 15.6. The lowest BCUT2D eigenvalue weighted by Gasteiger charge is -2.36. The van der Waals surface area contributed by atoms with Crippen LogP contribution in [0.3, 0.4) is 0 Å². The van der Waals surface area contributed by atoms with Crippen LogP contribution in [-0.2, 0) is 9.59 Å². The topological polar surface area (TPSA) is 58.2 Å². The number of quaternary nitrogens is 1. The predicted molar refractivity (Wildman–Crippen MR) is 114 cm³/mol. The van der Waals surface area contributed by atoms with Gasteiger partial charge in [-0.15, -0.1) is 0 Å². The van der Waals surface area contributed by atoms with Crippen LogP contribution in [0.1, 0.15) is 79.1 Å². The van der Waals surface area contributed by atoms with Gasteiger partial charge in [0.15, 0.2) is 13.3 Å². The standard InChI is InChI=1S/C22H41N3O2/c1-5-9-11-13-15-17-21(26)23-19-25(7-3,8-4)20-24-22(27)18-16-14-12-10-6-2/h9-12H,5-8,13-20H2,1-4H3,(H-,23,24,26,27)/p+1/b11-9+,12-10+. The molecule has 0 spiro atoms. The zero-order valence-electron chi connectivity index (χ0n) is 18.1. The molecule has 0 aromatic rings. The lowest BCUT2D eigenvalue weighted by Crippen LogP contribution is -2.58. The summed E-state index contributed by atoms with van der Waals surface area (Å²) < 4.78 is 0.670. The summed E-state index contributed by atoms with van der Waals surface area (Å²) in [4.78, 5) is 24.2. The van der Waals surface area contributed by atoms with Crippen LogP contribution in [-0.4, -0.2) is 42.7 Å². The highest BCUT2D eigenvalue weighted by atomic mass is 16.2. The average molecular weight is 381 g/mol. The first-order valence-electron chi connectivity index (χ1n) is 10.7. The minimum Gasteiger partial charge on any atom is -0.309 e. The quantitative estimate of drug-likeness (QED) is 0.182. The number of nitrogens with zero attached hydrogens (tertiary/aromatic N) is 1. The number of rotatable bonds is 16. The molecule has 0 aromatic carbocycles. The number of hydrogen-bond donors (Lipinski definition) is 2. The maximum atomic E-state index is 12.1. The maximum Gasteiger partial charge on any atom is 0.224 e. The van der Waals surface area contributed by atoms with E-state index in [0.29, 0.717) is 30.7 Å². The number of carbonyl (C=O) groups excluding carboxylic acids is 2. The number of carbonyl (C=O) groups is 2. The molecule has 0 fully saturated rings. The summed E-state index contributed by atoms with van der Waals surface area (Å²) in [7, 11) is 0. The highest BCUT2D eigenvalue weighted by Gasteiger charge is 2.24. The summed E-state index contributed by atoms with van der Waals surface area (Å²) in [5.41, 5.74) is 0. The summed E-state index contributed by atoms with van der Waals surface area (Å²) >= 11 is 0. The molecule has 0 atom stereocenters. The Morgan fingerprint density at radius 3 is 1.44 bits per heavy atom. The Hall–Kier alpha value is -1.62. The molecule has 0 aliphatic rings. The second kappa shape index (κ2) is 16.5. The number of unbranched alkanes of at least 4 members (excludes halogenated alkanes) is 2. The van der Waals surface area contributed by atoms with Crippen molar-refractivity contribution in [2.45, 2.75) is 79.1 Å². The van der Waals surface area contributed by atoms with Gasteiger partial charge in [-0.2, -0.15) is 0 Å². The van der Waals surface area contributed by atoms with Gasteiger partial charge in [-0.05, 0) is 52.4 Å². The van der Waals surface area contributed by atoms with Gasteiger partial charge < -0.3 is 10.6 Å². The van der Waals surface area contributed by atoms with Gasteiger partial charge in [-0.3, -0.25) is 14.1 Å². The second-order valence-electron chi connectivity index (χ2n) is 7.03. The first-order valence-corrected chi connectivity index (χ1v) is 10.7. The Morgan fingerprint density at radius 2 is 1.11 bits per heavy atom. The smallest absolute Gasteiger partial charge is 0.224 e. The van der Waals surface area contributed by atoms with Crippen molar-refractivity contribution >= 4 is 11.8 Å². The molecule has 0 heterocycles. The van der Waals surface area contributed by atoms with Gasteiger partial charge in [0.05, 0.1) is 13.1 Å². The van der Waals surface area contributed by atoms with Gasteiger partial charge >= 0.3 is 0 Å². The molecular weight excluding hydrogens is 338 g/mol. The first-order chi connectivity index (χ1) is 13.0. The highest BCUT2D eigenvalue weighted by Crippen LogP contribution is 2.05. The molecule has 0 rings (SSSR count). The van der Waals surface area contributed by atoms with E-state index >= 15 is 0 Å². The average Bonchev–Trinajstić information content (AvgIpc) is 2.68. The number of allylic oxidation sites excluding steroid dienone is 4. The fourth-order valence-electron chi connectivity index (χ4n) is 2.75. The Labute approximate surface area is 166 Å². The number of amides is 2. The van der Waals surface area contributed by atoms with E-state index in [4.69, 9.17) is 0 Å². The Balaban J connectivity index is 4.22. The van der Waals surface area contributed by atoms with E-state index in [2.05, 4.69) is 62.6 Å². The van der Waals surface area contributed by atoms with Crippen molar-refractivity contribution < 1.29 is 14.1 Å². The predicted octanol–water partition coefficient (Wildman–Crippen LogP) is 4.26. The van der Waals surface area contributed by atoms with Crippen molar-refractivity contribution in [1.82, 2.24) is 10.6 Å². The largest absolute Gasteiger partial charge is 0.309 e. The summed E-state index contributed by atoms with van der Waals surface area (Å²) in [6, 6.07) is 0. The van der Waals surface area contributed by atoms with Gasteiger partial charge in [0.2, 0.25) is 11.8 Å². The van der Waals surface area contributed by atoms with Gasteiger partial charge in [-0.1, -0.05) is 38.2 Å². The van der Waals surface area contributed by atoms with Crippen LogP contribution in [0.2, 0.25) is 0 Å². The maximum absolute atomic E-state index is 12.1. The van der Waals surface area contributed by atoms with Crippen LogP contribution in [0, 0.1) is 0 Å². The second-order valence-corrected chi connectivity index (χ2v) is 7.03. The van der Waals surface area contributed by atoms with Crippen LogP contribution >= 0.6 is 0 Å². The minimum absolute atomic E-state index is 0.0957. The van der Waals surface area contributed by atoms with E-state index in [1.807, 2.05) is 0 Å². The molecule has 0 aromatic heterocycles. The number of hydrogen-bond acceptors (Lipinski definition) is 2. The van der Waals surface area contributed by atoms with E-state index in [-0.39, 0.29) is 11.8 Å². The minimum atomic E-state index is 0.0957. The molecule has 0 aliphatic heterocycles. The molecular formula is C22H42N3O2+. The molecule has 0 bridgehead atoms. The van der Waals surface area contributed by atoms with Crippen molar-refractivity contribution in [1.29, 1.82) is 0 Å². The molecule has 156 valence electrons. The van der Waals surface area contributed by atoms with Crippen molar-refractivity contribution in [2.24, 2.45) is 0 Å². The summed E-state index contributed by atoms with van der Waals surface area (Å²) in [5.74, 6) is 0.191. The van der Waals surface area contributed by atoms with Crippen molar-refractivity contribution in [2.75, 3.05) is 26.4 Å². The van der Waals surface area contributed by atoms with E-state index in [0.717, 1.165) is 51.6 Å². The Bertz CT molecular complexity index is 416. The van der Waals surface area contributed by atoms with Crippen molar-refractivity contribution in [3.05, 3.63) is 24.3 Å². The van der Waals surface area contributed by atoms with Gasteiger partial charge in [-0.25, -0.2) is 0 Å². The van der Waals surface area contributed by atoms with Gasteiger partial charge in [0.1, 0.15) is 0 Å². The van der Waals surface area contributed by atoms with E-state index < -0.39 is 0 Å². The van der Waals surface area contributed by atoms with Gasteiger partial charge in [0.25, 0.3) is 0 Å². The summed E-state index contributed by atoms with van der Waals surface area (Å²) in [6.07, 6.45) is 15.4. The van der Waals surface area contributed by atoms with Crippen LogP contribution < -0.4 is 10.6 Å². The fraction of sp³-hybridized carbons (Fsp3) is 0.727. The van der Waals surface area contributed by atoms with Crippen molar-refractivity contribution in [3.8, 4) is 0 Å². The highest BCUT2D eigenvalue weighted by molar-refractivity contribution is 5.76. The fourth-order valence-corrected chi connectivity index (χ4v) is 2.75. The zero-order chi connectivity index (χ0) is 20.4. The van der Waals surface area contributed by atoms with Crippen LogP contribution in [0.4, 0.5) is 0 Å². The molecule has 5 heteroatoms. The Morgan fingerprint density at radius 1 is 0.704 bits per heavy atom. The third kappa shape index (κ3) is 13.2. The number of nitrogens with one attached hydrogen (secondary N) is 2. The van der Waals surface area contributed by atoms with E-state index in [1.165, 1.54) is 0 Å². The molecule has 0 aliphatic carbocycles. The molecule has 5 nitrogen and oxygen atoms in total. The lowest BCUT2D eigenvalue weighted by molar-refractivity contribution is -0.928. The molecule has 0 saturated carbocycles. The van der Waals surface area contributed by atoms with E-state index in [9.17, 15) is 9.59 Å². The van der Waals surface area contributed by atoms with Gasteiger partial charge in [0, 0.05) is 12.8 Å². The SMILES string of the molecule is CC/C=C/CCCC(=O)NC[N+](CC)(CC)CNC(=O)CCC/C=C/CC. The molecule has 0 saturated heterocycles. The third-order valence-corrected chi connectivity index (χ3v) is 4.92. The normalized spacial score (nSPS) is 12.0. The lowest BCUT2D eigenvalue weighted by atomic mass is 10.2. The summed E-state index contributed by atoms with van der Waals surface area (Å²) in [5, 5.41) is 6.11. The molecule has 2 amide bonds. The monoisotopic (exact) mass is 380 g/mol. The summed E-state index contributed by atoms with van der Waals surface area (Å²) in [6.45, 7) is 11.3. The first kappa shape index (κ1) is 25.4. The van der Waals surface area contributed by atoms with Crippen LogP contribution in [0.15, 0.2) is 24.3 Å². The van der Waals surface area contributed by atoms with E-state index in [1.54, 1.807) is 0 Å².